The van der Waals surface area contributed by atoms with Crippen molar-refractivity contribution in [2.75, 3.05) is 5.32 Å². The first-order valence-electron chi connectivity index (χ1n) is 9.03. The number of nitrogens with one attached hydrogen (secondary N) is 1. The van der Waals surface area contributed by atoms with Crippen molar-refractivity contribution in [3.8, 4) is 11.5 Å². The number of amides is 1. The molecular weight excluding hydrogens is 314 g/mol. The predicted octanol–water partition coefficient (Wildman–Crippen LogP) is 4.31. The van der Waals surface area contributed by atoms with Gasteiger partial charge in [0.05, 0.1) is 12.1 Å². The number of anilines is 1. The third-order valence-electron chi connectivity index (χ3n) is 5.06. The number of rotatable bonds is 4. The van der Waals surface area contributed by atoms with E-state index in [1.165, 1.54) is 0 Å². The van der Waals surface area contributed by atoms with E-state index < -0.39 is 5.54 Å². The molecule has 1 fully saturated rings. The van der Waals surface area contributed by atoms with Gasteiger partial charge in [0.15, 0.2) is 0 Å². The Hall–Kier alpha value is -2.14. The molecule has 25 heavy (non-hydrogen) atoms. The minimum atomic E-state index is -0.423. The molecular formula is C20H27N3O2. The van der Waals surface area contributed by atoms with Gasteiger partial charge in [-0.3, -0.25) is 4.79 Å². The Morgan fingerprint density at radius 1 is 1.32 bits per heavy atom. The van der Waals surface area contributed by atoms with E-state index in [1.807, 2.05) is 31.2 Å². The van der Waals surface area contributed by atoms with Gasteiger partial charge < -0.3 is 15.5 Å². The zero-order chi connectivity index (χ0) is 18.0. The van der Waals surface area contributed by atoms with E-state index in [-0.39, 0.29) is 11.8 Å². The fraction of sp³-hybridized carbons (Fsp3) is 0.500. The number of nitrogens with zero attached hydrogens (tertiary/aromatic N) is 1. The first-order chi connectivity index (χ1) is 11.9. The van der Waals surface area contributed by atoms with Crippen LogP contribution in [0, 0.1) is 5.92 Å². The van der Waals surface area contributed by atoms with Gasteiger partial charge in [-0.05, 0) is 44.0 Å². The van der Waals surface area contributed by atoms with Crippen molar-refractivity contribution < 1.29 is 9.21 Å². The van der Waals surface area contributed by atoms with Crippen LogP contribution in [0.3, 0.4) is 0 Å². The van der Waals surface area contributed by atoms with Crippen molar-refractivity contribution in [2.45, 2.75) is 57.9 Å². The van der Waals surface area contributed by atoms with Crippen LogP contribution in [0.4, 0.5) is 5.69 Å². The van der Waals surface area contributed by atoms with Crippen LogP contribution in [0.5, 0.6) is 0 Å². The number of benzene rings is 1. The number of hydrogen-bond donors (Lipinski definition) is 2. The van der Waals surface area contributed by atoms with Crippen molar-refractivity contribution in [1.29, 1.82) is 0 Å². The second-order valence-electron chi connectivity index (χ2n) is 7.59. The minimum Gasteiger partial charge on any atom is -0.441 e. The summed E-state index contributed by atoms with van der Waals surface area (Å²) in [7, 11) is 0. The minimum absolute atomic E-state index is 0.00988. The van der Waals surface area contributed by atoms with E-state index in [4.69, 9.17) is 10.2 Å². The summed E-state index contributed by atoms with van der Waals surface area (Å²) in [4.78, 5) is 16.9. The van der Waals surface area contributed by atoms with E-state index >= 15 is 0 Å². The van der Waals surface area contributed by atoms with Crippen LogP contribution in [0.15, 0.2) is 34.9 Å². The van der Waals surface area contributed by atoms with Gasteiger partial charge in [0.2, 0.25) is 11.8 Å². The number of hydrogen-bond acceptors (Lipinski definition) is 4. The molecule has 0 spiro atoms. The molecule has 5 nitrogen and oxygen atoms in total. The highest BCUT2D eigenvalue weighted by Gasteiger charge is 2.37. The first-order valence-corrected chi connectivity index (χ1v) is 9.03. The lowest BCUT2D eigenvalue weighted by molar-refractivity contribution is -0.122. The van der Waals surface area contributed by atoms with Crippen LogP contribution < -0.4 is 11.1 Å². The second kappa shape index (κ2) is 7.00. The van der Waals surface area contributed by atoms with Crippen molar-refractivity contribution >= 4 is 11.6 Å². The first kappa shape index (κ1) is 17.7. The zero-order valence-electron chi connectivity index (χ0n) is 15.2. The molecule has 2 unspecified atom stereocenters. The van der Waals surface area contributed by atoms with E-state index in [0.717, 1.165) is 42.7 Å². The topological polar surface area (TPSA) is 81.2 Å². The number of carbonyl (C=O) groups excluding carboxylic acids is 1. The lowest BCUT2D eigenvalue weighted by Gasteiger charge is -2.37. The normalized spacial score (nSPS) is 23.6. The maximum atomic E-state index is 12.6. The summed E-state index contributed by atoms with van der Waals surface area (Å²) in [5.74, 6) is 1.65. The number of oxazole rings is 1. The summed E-state index contributed by atoms with van der Waals surface area (Å²) in [6, 6.07) is 7.58. The van der Waals surface area contributed by atoms with Gasteiger partial charge in [0, 0.05) is 22.7 Å². The van der Waals surface area contributed by atoms with Gasteiger partial charge in [-0.1, -0.05) is 26.7 Å². The Kier molecular flexibility index (Phi) is 4.95. The van der Waals surface area contributed by atoms with Crippen molar-refractivity contribution in [3.63, 3.8) is 0 Å². The average molecular weight is 341 g/mol. The molecule has 1 aliphatic rings. The van der Waals surface area contributed by atoms with Gasteiger partial charge in [-0.2, -0.15) is 0 Å². The molecule has 1 saturated carbocycles. The van der Waals surface area contributed by atoms with Crippen LogP contribution in [0.2, 0.25) is 0 Å². The van der Waals surface area contributed by atoms with E-state index in [1.54, 1.807) is 6.20 Å². The molecule has 5 heteroatoms. The van der Waals surface area contributed by atoms with Crippen LogP contribution in [-0.2, 0) is 4.79 Å². The van der Waals surface area contributed by atoms with Crippen LogP contribution in [0.25, 0.3) is 11.5 Å². The fourth-order valence-electron chi connectivity index (χ4n) is 3.40. The van der Waals surface area contributed by atoms with Gasteiger partial charge in [0.1, 0.15) is 5.76 Å². The predicted molar refractivity (Wildman–Crippen MR) is 99.2 cm³/mol. The maximum absolute atomic E-state index is 12.6. The lowest BCUT2D eigenvalue weighted by atomic mass is 9.74. The molecule has 1 aliphatic carbocycles. The smallest absolute Gasteiger partial charge is 0.229 e. The lowest BCUT2D eigenvalue weighted by Crippen LogP contribution is -2.51. The molecule has 0 radical (unpaired) electrons. The number of nitrogens with two attached hydrogens (primary N) is 1. The summed E-state index contributed by atoms with van der Waals surface area (Å²) in [6.45, 7) is 6.12. The Morgan fingerprint density at radius 2 is 2.04 bits per heavy atom. The SMILES string of the molecule is CC(C)c1cnc(-c2ccc(NC(=O)C3CCCCC3(C)N)cc2)o1. The molecule has 0 bridgehead atoms. The zero-order valence-corrected chi connectivity index (χ0v) is 15.2. The van der Waals surface area contributed by atoms with Crippen molar-refractivity contribution in [1.82, 2.24) is 4.98 Å². The quantitative estimate of drug-likeness (QED) is 0.868. The van der Waals surface area contributed by atoms with Crippen molar-refractivity contribution in [2.24, 2.45) is 11.7 Å². The van der Waals surface area contributed by atoms with Gasteiger partial charge in [-0.25, -0.2) is 4.98 Å². The maximum Gasteiger partial charge on any atom is 0.229 e. The molecule has 0 aliphatic heterocycles. The molecule has 2 atom stereocenters. The summed E-state index contributed by atoms with van der Waals surface area (Å²) in [6.07, 6.45) is 5.67. The summed E-state index contributed by atoms with van der Waals surface area (Å²) in [5, 5.41) is 3.00. The van der Waals surface area contributed by atoms with Crippen LogP contribution >= 0.6 is 0 Å². The monoisotopic (exact) mass is 341 g/mol. The molecule has 0 saturated heterocycles. The third-order valence-corrected chi connectivity index (χ3v) is 5.06. The van der Waals surface area contributed by atoms with Gasteiger partial charge in [0.25, 0.3) is 0 Å². The Bertz CT molecular complexity index is 732. The highest BCUT2D eigenvalue weighted by atomic mass is 16.4. The summed E-state index contributed by atoms with van der Waals surface area (Å²) < 4.78 is 5.76. The molecule has 2 aromatic rings. The van der Waals surface area contributed by atoms with E-state index in [9.17, 15) is 4.79 Å². The summed E-state index contributed by atoms with van der Waals surface area (Å²) >= 11 is 0. The Balaban J connectivity index is 1.69. The number of aromatic nitrogens is 1. The molecule has 3 N–H and O–H groups in total. The van der Waals surface area contributed by atoms with Crippen LogP contribution in [0.1, 0.15) is 58.1 Å². The van der Waals surface area contributed by atoms with Crippen molar-refractivity contribution in [3.05, 3.63) is 36.2 Å². The van der Waals surface area contributed by atoms with E-state index in [2.05, 4.69) is 24.1 Å². The second-order valence-corrected chi connectivity index (χ2v) is 7.59. The fourth-order valence-corrected chi connectivity index (χ4v) is 3.40. The highest BCUT2D eigenvalue weighted by molar-refractivity contribution is 5.93. The molecule has 1 aromatic carbocycles. The van der Waals surface area contributed by atoms with Crippen LogP contribution in [-0.4, -0.2) is 16.4 Å². The molecule has 3 rings (SSSR count). The van der Waals surface area contributed by atoms with Gasteiger partial charge >= 0.3 is 0 Å². The third kappa shape index (κ3) is 3.93. The molecule has 1 amide bonds. The molecule has 134 valence electrons. The Labute approximate surface area is 149 Å². The summed E-state index contributed by atoms with van der Waals surface area (Å²) in [5.41, 5.74) is 7.56. The Morgan fingerprint density at radius 3 is 2.64 bits per heavy atom. The standard InChI is InChI=1S/C20H27N3O2/c1-13(2)17-12-22-19(25-17)14-7-9-15(10-8-14)23-18(24)16-6-4-5-11-20(16,3)21/h7-10,12-13,16H,4-6,11,21H2,1-3H3,(H,23,24). The number of carbonyl (C=O) groups is 1. The largest absolute Gasteiger partial charge is 0.441 e. The van der Waals surface area contributed by atoms with Gasteiger partial charge in [-0.15, -0.1) is 0 Å². The highest BCUT2D eigenvalue weighted by Crippen LogP contribution is 2.32. The molecule has 1 aromatic heterocycles. The molecule has 1 heterocycles. The average Bonchev–Trinajstić information content (AvgIpc) is 3.05. The van der Waals surface area contributed by atoms with E-state index in [0.29, 0.717) is 11.8 Å².